The predicted octanol–water partition coefficient (Wildman–Crippen LogP) is 1.71. The van der Waals surface area contributed by atoms with E-state index in [-0.39, 0.29) is 11.7 Å². The Bertz CT molecular complexity index is 1130. The number of nitrogens with one attached hydrogen (secondary N) is 3. The van der Waals surface area contributed by atoms with Gasteiger partial charge < -0.3 is 10.3 Å². The number of aryl methyl sites for hydroxylation is 1. The van der Waals surface area contributed by atoms with E-state index in [0.29, 0.717) is 24.3 Å². The summed E-state index contributed by atoms with van der Waals surface area (Å²) >= 11 is 0. The third kappa shape index (κ3) is 3.10. The number of imidazole rings is 1. The maximum Gasteiger partial charge on any atom is 0.287 e. The lowest BCUT2D eigenvalue weighted by Crippen LogP contribution is -2.25. The van der Waals surface area contributed by atoms with Crippen LogP contribution in [0.25, 0.3) is 22.2 Å². The van der Waals surface area contributed by atoms with Crippen LogP contribution in [0.5, 0.6) is 0 Å². The van der Waals surface area contributed by atoms with Crippen molar-refractivity contribution in [2.75, 3.05) is 6.54 Å². The van der Waals surface area contributed by atoms with Crippen LogP contribution in [0, 0.1) is 18.8 Å². The van der Waals surface area contributed by atoms with Gasteiger partial charge in [0, 0.05) is 42.0 Å². The third-order valence-electron chi connectivity index (χ3n) is 3.84. The number of rotatable bonds is 3. The van der Waals surface area contributed by atoms with E-state index >= 15 is 0 Å². The number of nitrogens with zero attached hydrogens (tertiary/aromatic N) is 4. The summed E-state index contributed by atoms with van der Waals surface area (Å²) in [5, 5.41) is 10.7. The van der Waals surface area contributed by atoms with Gasteiger partial charge in [-0.3, -0.25) is 9.89 Å². The van der Waals surface area contributed by atoms with Gasteiger partial charge in [0.2, 0.25) is 0 Å². The van der Waals surface area contributed by atoms with Crippen molar-refractivity contribution in [1.29, 1.82) is 0 Å². The second-order valence-corrected chi connectivity index (χ2v) is 5.71. The number of fused-ring (bicyclic) bond motifs is 2. The summed E-state index contributed by atoms with van der Waals surface area (Å²) in [4.78, 5) is 27.6. The molecule has 8 heteroatoms. The molecule has 0 saturated carbocycles. The highest BCUT2D eigenvalue weighted by Crippen LogP contribution is 2.13. The highest BCUT2D eigenvalue weighted by Gasteiger charge is 2.10. The highest BCUT2D eigenvalue weighted by molar-refractivity contribution is 5.93. The van der Waals surface area contributed by atoms with Crippen LogP contribution in [0.1, 0.15) is 28.3 Å². The number of carbonyl (C=O) groups is 1. The first-order valence-corrected chi connectivity index (χ1v) is 8.09. The molecule has 0 aliphatic heterocycles. The Morgan fingerprint density at radius 2 is 2.23 bits per heavy atom. The van der Waals surface area contributed by atoms with Crippen LogP contribution in [0.15, 0.2) is 30.6 Å². The number of pyridine rings is 2. The average molecular weight is 345 g/mol. The molecule has 0 radical (unpaired) electrons. The Kier molecular flexibility index (Phi) is 4.03. The van der Waals surface area contributed by atoms with Crippen molar-refractivity contribution >= 4 is 28.1 Å². The maximum absolute atomic E-state index is 12.1. The van der Waals surface area contributed by atoms with Crippen LogP contribution < -0.4 is 5.32 Å². The fourth-order valence-corrected chi connectivity index (χ4v) is 2.53. The van der Waals surface area contributed by atoms with Crippen LogP contribution in [-0.4, -0.2) is 42.6 Å². The zero-order valence-corrected chi connectivity index (χ0v) is 14.0. The number of carbonyl (C=O) groups excluding carboxylic acids is 1. The molecule has 0 aliphatic carbocycles. The molecule has 0 spiro atoms. The molecule has 0 aromatic carbocycles. The molecule has 0 bridgehead atoms. The first-order valence-electron chi connectivity index (χ1n) is 8.09. The van der Waals surface area contributed by atoms with E-state index < -0.39 is 0 Å². The number of aromatic amines is 2. The Hall–Kier alpha value is -3.73. The third-order valence-corrected chi connectivity index (χ3v) is 3.84. The number of aromatic nitrogens is 6. The van der Waals surface area contributed by atoms with Crippen LogP contribution in [0.3, 0.4) is 0 Å². The standard InChI is InChI=1S/C18H15N7O/c1-11-13-9-12(10-21-15(13)25-24-11)5-2-3-7-20-18(26)17-22-14-6-4-8-19-16(14)23-17/h4,6,8-10H,3,7H2,1H3,(H,20,26)(H,19,22,23)(H,21,24,25). The minimum atomic E-state index is -0.276. The summed E-state index contributed by atoms with van der Waals surface area (Å²) in [6.45, 7) is 2.37. The minimum Gasteiger partial charge on any atom is -0.348 e. The molecule has 1 amide bonds. The molecule has 0 aliphatic rings. The SMILES string of the molecule is Cc1[nH]nc2ncc(C#CCCNC(=O)c3nc4ncccc4[nH]3)cc12. The molecule has 26 heavy (non-hydrogen) atoms. The topological polar surface area (TPSA) is 112 Å². The Morgan fingerprint density at radius 3 is 3.12 bits per heavy atom. The van der Waals surface area contributed by atoms with Crippen molar-refractivity contribution in [2.45, 2.75) is 13.3 Å². The van der Waals surface area contributed by atoms with Gasteiger partial charge in [-0.2, -0.15) is 5.10 Å². The van der Waals surface area contributed by atoms with Gasteiger partial charge in [-0.05, 0) is 25.1 Å². The quantitative estimate of drug-likeness (QED) is 0.386. The summed E-state index contributed by atoms with van der Waals surface area (Å²) < 4.78 is 0. The lowest BCUT2D eigenvalue weighted by molar-refractivity contribution is 0.0945. The summed E-state index contributed by atoms with van der Waals surface area (Å²) in [7, 11) is 0. The van der Waals surface area contributed by atoms with E-state index in [1.165, 1.54) is 0 Å². The van der Waals surface area contributed by atoms with Gasteiger partial charge in [0.15, 0.2) is 17.1 Å². The van der Waals surface area contributed by atoms with Crippen molar-refractivity contribution in [3.05, 3.63) is 47.7 Å². The van der Waals surface area contributed by atoms with E-state index in [2.05, 4.69) is 47.3 Å². The van der Waals surface area contributed by atoms with Crippen LogP contribution in [0.4, 0.5) is 0 Å². The molecular weight excluding hydrogens is 330 g/mol. The lowest BCUT2D eigenvalue weighted by atomic mass is 10.2. The Labute approximate surface area is 148 Å². The number of amides is 1. The number of H-pyrrole nitrogens is 2. The second kappa shape index (κ2) is 6.64. The van der Waals surface area contributed by atoms with Crippen LogP contribution in [-0.2, 0) is 0 Å². The molecule has 0 atom stereocenters. The molecule has 4 rings (SSSR count). The Morgan fingerprint density at radius 1 is 1.31 bits per heavy atom. The van der Waals surface area contributed by atoms with Gasteiger partial charge in [-0.25, -0.2) is 15.0 Å². The van der Waals surface area contributed by atoms with E-state index in [0.717, 1.165) is 22.2 Å². The molecule has 4 aromatic rings. The van der Waals surface area contributed by atoms with Gasteiger partial charge in [-0.15, -0.1) is 0 Å². The number of hydrogen-bond donors (Lipinski definition) is 3. The predicted molar refractivity (Wildman–Crippen MR) is 96.3 cm³/mol. The van der Waals surface area contributed by atoms with Crippen LogP contribution >= 0.6 is 0 Å². The largest absolute Gasteiger partial charge is 0.348 e. The molecule has 0 unspecified atom stereocenters. The molecular formula is C18H15N7O. The van der Waals surface area contributed by atoms with Gasteiger partial charge in [-0.1, -0.05) is 11.8 Å². The van der Waals surface area contributed by atoms with Crippen molar-refractivity contribution in [2.24, 2.45) is 0 Å². The van der Waals surface area contributed by atoms with Crippen molar-refractivity contribution < 1.29 is 4.79 Å². The average Bonchev–Trinajstić information content (AvgIpc) is 3.25. The van der Waals surface area contributed by atoms with Crippen molar-refractivity contribution in [3.8, 4) is 11.8 Å². The van der Waals surface area contributed by atoms with E-state index in [1.54, 1.807) is 18.5 Å². The molecule has 128 valence electrons. The van der Waals surface area contributed by atoms with Gasteiger partial charge in [0.1, 0.15) is 0 Å². The first-order chi connectivity index (χ1) is 12.7. The Balaban J connectivity index is 1.35. The van der Waals surface area contributed by atoms with E-state index in [9.17, 15) is 4.79 Å². The summed E-state index contributed by atoms with van der Waals surface area (Å²) in [5.74, 6) is 6.05. The molecule has 4 heterocycles. The zero-order chi connectivity index (χ0) is 17.9. The van der Waals surface area contributed by atoms with Gasteiger partial charge in [0.25, 0.3) is 5.91 Å². The van der Waals surface area contributed by atoms with Crippen LogP contribution in [0.2, 0.25) is 0 Å². The zero-order valence-electron chi connectivity index (χ0n) is 14.0. The molecule has 0 saturated heterocycles. The summed E-state index contributed by atoms with van der Waals surface area (Å²) in [5.41, 5.74) is 3.71. The molecule has 0 fully saturated rings. The fraction of sp³-hybridized carbons (Fsp3) is 0.167. The summed E-state index contributed by atoms with van der Waals surface area (Å²) in [6, 6.07) is 5.56. The number of hydrogen-bond acceptors (Lipinski definition) is 5. The summed E-state index contributed by atoms with van der Waals surface area (Å²) in [6.07, 6.45) is 3.85. The van der Waals surface area contributed by atoms with Crippen molar-refractivity contribution in [1.82, 2.24) is 35.5 Å². The van der Waals surface area contributed by atoms with E-state index in [4.69, 9.17) is 0 Å². The second-order valence-electron chi connectivity index (χ2n) is 5.71. The normalized spacial score (nSPS) is 10.7. The molecule has 3 N–H and O–H groups in total. The lowest BCUT2D eigenvalue weighted by Gasteiger charge is -1.98. The van der Waals surface area contributed by atoms with Crippen molar-refractivity contribution in [3.63, 3.8) is 0 Å². The highest BCUT2D eigenvalue weighted by atomic mass is 16.2. The molecule has 8 nitrogen and oxygen atoms in total. The monoisotopic (exact) mass is 345 g/mol. The first kappa shape index (κ1) is 15.8. The fourth-order valence-electron chi connectivity index (χ4n) is 2.53. The van der Waals surface area contributed by atoms with Gasteiger partial charge in [0.05, 0.1) is 5.52 Å². The van der Waals surface area contributed by atoms with E-state index in [1.807, 2.05) is 19.1 Å². The molecule has 4 aromatic heterocycles. The smallest absolute Gasteiger partial charge is 0.287 e. The van der Waals surface area contributed by atoms with Gasteiger partial charge >= 0.3 is 0 Å². The maximum atomic E-state index is 12.1. The minimum absolute atomic E-state index is 0.247.